The second kappa shape index (κ2) is 14.7. The van der Waals surface area contributed by atoms with E-state index in [2.05, 4.69) is 21.3 Å². The van der Waals surface area contributed by atoms with E-state index in [4.69, 9.17) is 22.3 Å². The van der Waals surface area contributed by atoms with Gasteiger partial charge in [0.15, 0.2) is 0 Å². The highest BCUT2D eigenvalue weighted by molar-refractivity contribution is 5.96. The first-order valence-electron chi connectivity index (χ1n) is 9.24. The Balaban J connectivity index is 4.50. The van der Waals surface area contributed by atoms with Crippen LogP contribution in [0.3, 0.4) is 0 Å². The molecule has 0 spiro atoms. The Labute approximate surface area is 186 Å². The SMILES string of the molecule is NC(=O)C[C@H](NC(=O)[C@@H](N)CC(N)=O)C(=O)NCC(=O)NCC(=O)NCC(=O)NCC(=O)O. The zero-order chi connectivity index (χ0) is 25.6. The third kappa shape index (κ3) is 14.4. The summed E-state index contributed by atoms with van der Waals surface area (Å²) in [6.07, 6.45) is -1.14. The molecule has 0 aliphatic heterocycles. The van der Waals surface area contributed by atoms with Crippen LogP contribution in [0.1, 0.15) is 12.8 Å². The van der Waals surface area contributed by atoms with Crippen molar-refractivity contribution in [3.8, 4) is 0 Å². The lowest BCUT2D eigenvalue weighted by atomic mass is 10.1. The zero-order valence-corrected chi connectivity index (χ0v) is 17.3. The number of carboxylic acids is 1. The third-order valence-corrected chi connectivity index (χ3v) is 3.55. The minimum absolute atomic E-state index is 0.511. The summed E-state index contributed by atoms with van der Waals surface area (Å²) in [6, 6.07) is -2.87. The normalized spacial score (nSPS) is 11.8. The summed E-state index contributed by atoms with van der Waals surface area (Å²) >= 11 is 0. The third-order valence-electron chi connectivity index (χ3n) is 3.55. The number of amides is 7. The minimum atomic E-state index is -1.49. The predicted octanol–water partition coefficient (Wildman–Crippen LogP) is -6.90. The molecule has 0 fully saturated rings. The highest BCUT2D eigenvalue weighted by Gasteiger charge is 2.26. The molecule has 0 rings (SSSR count). The van der Waals surface area contributed by atoms with Gasteiger partial charge in [0.1, 0.15) is 12.6 Å². The van der Waals surface area contributed by atoms with Gasteiger partial charge in [0.05, 0.1) is 38.5 Å². The summed E-state index contributed by atoms with van der Waals surface area (Å²) in [4.78, 5) is 91.0. The number of carboxylic acid groups (broad SMARTS) is 1. The second-order valence-electron chi connectivity index (χ2n) is 6.45. The summed E-state index contributed by atoms with van der Waals surface area (Å²) in [5.74, 6) is -7.38. The fraction of sp³-hybridized carbons (Fsp3) is 0.500. The van der Waals surface area contributed by atoms with Gasteiger partial charge >= 0.3 is 5.97 Å². The molecule has 184 valence electrons. The van der Waals surface area contributed by atoms with Crippen LogP contribution in [0.5, 0.6) is 0 Å². The minimum Gasteiger partial charge on any atom is -0.480 e. The molecule has 33 heavy (non-hydrogen) atoms. The maximum Gasteiger partial charge on any atom is 0.322 e. The maximum atomic E-state index is 12.2. The monoisotopic (exact) mass is 474 g/mol. The first kappa shape index (κ1) is 28.7. The lowest BCUT2D eigenvalue weighted by molar-refractivity contribution is -0.138. The molecule has 12 N–H and O–H groups in total. The molecule has 7 amide bonds. The number of carbonyl (C=O) groups is 8. The Bertz CT molecular complexity index is 801. The highest BCUT2D eigenvalue weighted by Crippen LogP contribution is 1.95. The number of carbonyl (C=O) groups excluding carboxylic acids is 7. The van der Waals surface area contributed by atoms with Gasteiger partial charge in [0.25, 0.3) is 0 Å². The Morgan fingerprint density at radius 3 is 1.48 bits per heavy atom. The van der Waals surface area contributed by atoms with Crippen LogP contribution in [0.25, 0.3) is 0 Å². The molecule has 17 heteroatoms. The van der Waals surface area contributed by atoms with Crippen molar-refractivity contribution in [3.63, 3.8) is 0 Å². The number of rotatable bonds is 15. The number of hydrogen-bond donors (Lipinski definition) is 9. The molecular weight excluding hydrogens is 448 g/mol. The van der Waals surface area contributed by atoms with Gasteiger partial charge in [-0.3, -0.25) is 38.4 Å². The quantitative estimate of drug-likeness (QED) is 0.108. The van der Waals surface area contributed by atoms with Crippen LogP contribution in [0.4, 0.5) is 0 Å². The van der Waals surface area contributed by atoms with Crippen LogP contribution in [-0.4, -0.2) is 90.7 Å². The Morgan fingerprint density at radius 2 is 1.06 bits per heavy atom. The molecule has 2 atom stereocenters. The first-order valence-corrected chi connectivity index (χ1v) is 9.24. The standard InChI is InChI=1S/C16H26N8O9/c17-7(1-9(18)25)15(32)24-8(2-10(19)26)16(33)23-5-13(29)21-3-11(27)20-4-12(28)22-6-14(30)31/h7-8H,1-6,17H2,(H2,18,25)(H2,19,26)(H,20,27)(H,21,29)(H,22,28)(H,23,33)(H,24,32)(H,30,31)/t7-,8-/m0/s1. The predicted molar refractivity (Wildman–Crippen MR) is 107 cm³/mol. The van der Waals surface area contributed by atoms with Crippen molar-refractivity contribution in [2.45, 2.75) is 24.9 Å². The van der Waals surface area contributed by atoms with Crippen molar-refractivity contribution in [3.05, 3.63) is 0 Å². The van der Waals surface area contributed by atoms with E-state index in [1.165, 1.54) is 0 Å². The largest absolute Gasteiger partial charge is 0.480 e. The van der Waals surface area contributed by atoms with Gasteiger partial charge in [-0.2, -0.15) is 0 Å². The van der Waals surface area contributed by atoms with Crippen LogP contribution < -0.4 is 43.8 Å². The fourth-order valence-corrected chi connectivity index (χ4v) is 2.01. The molecule has 0 saturated carbocycles. The smallest absolute Gasteiger partial charge is 0.322 e. The van der Waals surface area contributed by atoms with Crippen LogP contribution >= 0.6 is 0 Å². The van der Waals surface area contributed by atoms with E-state index in [1.807, 2.05) is 5.32 Å². The van der Waals surface area contributed by atoms with Gasteiger partial charge in [0.2, 0.25) is 41.4 Å². The Morgan fingerprint density at radius 1 is 0.636 bits per heavy atom. The van der Waals surface area contributed by atoms with Gasteiger partial charge in [-0.1, -0.05) is 0 Å². The van der Waals surface area contributed by atoms with Crippen molar-refractivity contribution in [2.24, 2.45) is 17.2 Å². The maximum absolute atomic E-state index is 12.2. The average Bonchev–Trinajstić information content (AvgIpc) is 2.71. The van der Waals surface area contributed by atoms with Gasteiger partial charge < -0.3 is 48.9 Å². The number of aliphatic carboxylic acids is 1. The molecular formula is C16H26N8O9. The Kier molecular flexibility index (Phi) is 12.8. The molecule has 0 saturated heterocycles. The van der Waals surface area contributed by atoms with Crippen LogP contribution in [-0.2, 0) is 38.4 Å². The van der Waals surface area contributed by atoms with E-state index < -0.39 is 98.4 Å². The van der Waals surface area contributed by atoms with E-state index in [9.17, 15) is 38.4 Å². The number of primary amides is 2. The number of nitrogens with one attached hydrogen (secondary N) is 5. The lowest BCUT2D eigenvalue weighted by Gasteiger charge is -2.19. The molecule has 0 aliphatic rings. The van der Waals surface area contributed by atoms with Crippen molar-refractivity contribution in [2.75, 3.05) is 26.2 Å². The second-order valence-corrected chi connectivity index (χ2v) is 6.45. The molecule has 0 aromatic heterocycles. The zero-order valence-electron chi connectivity index (χ0n) is 17.3. The van der Waals surface area contributed by atoms with Crippen molar-refractivity contribution in [1.82, 2.24) is 26.6 Å². The molecule has 0 aromatic carbocycles. The van der Waals surface area contributed by atoms with E-state index in [-0.39, 0.29) is 0 Å². The number of hydrogen-bond acceptors (Lipinski definition) is 9. The van der Waals surface area contributed by atoms with E-state index in [0.29, 0.717) is 0 Å². The molecule has 17 nitrogen and oxygen atoms in total. The van der Waals surface area contributed by atoms with Gasteiger partial charge in [-0.25, -0.2) is 0 Å². The summed E-state index contributed by atoms with van der Waals surface area (Å²) in [7, 11) is 0. The summed E-state index contributed by atoms with van der Waals surface area (Å²) < 4.78 is 0. The van der Waals surface area contributed by atoms with E-state index in [0.717, 1.165) is 0 Å². The summed E-state index contributed by atoms with van der Waals surface area (Å²) in [6.45, 7) is -2.36. The Hall–Kier alpha value is -4.28. The van der Waals surface area contributed by atoms with Crippen LogP contribution in [0, 0.1) is 0 Å². The highest BCUT2D eigenvalue weighted by atomic mass is 16.4. The fourth-order valence-electron chi connectivity index (χ4n) is 2.01. The average molecular weight is 474 g/mol. The van der Waals surface area contributed by atoms with Gasteiger partial charge in [-0.05, 0) is 0 Å². The summed E-state index contributed by atoms with van der Waals surface area (Å²) in [5.41, 5.74) is 15.4. The molecule has 0 aromatic rings. The van der Waals surface area contributed by atoms with Crippen LogP contribution in [0.2, 0.25) is 0 Å². The number of nitrogens with two attached hydrogens (primary N) is 3. The van der Waals surface area contributed by atoms with E-state index in [1.54, 1.807) is 0 Å². The van der Waals surface area contributed by atoms with E-state index >= 15 is 0 Å². The molecule has 0 heterocycles. The molecule has 0 radical (unpaired) electrons. The lowest BCUT2D eigenvalue weighted by Crippen LogP contribution is -2.54. The van der Waals surface area contributed by atoms with Crippen molar-refractivity contribution >= 4 is 47.3 Å². The summed E-state index contributed by atoms with van der Waals surface area (Å²) in [5, 5.41) is 18.9. The van der Waals surface area contributed by atoms with Gasteiger partial charge in [-0.15, -0.1) is 0 Å². The molecule has 0 unspecified atom stereocenters. The van der Waals surface area contributed by atoms with Crippen LogP contribution in [0.15, 0.2) is 0 Å². The van der Waals surface area contributed by atoms with Gasteiger partial charge in [0, 0.05) is 0 Å². The van der Waals surface area contributed by atoms with Crippen molar-refractivity contribution < 1.29 is 43.5 Å². The first-order chi connectivity index (χ1) is 15.3. The molecule has 0 aliphatic carbocycles. The van der Waals surface area contributed by atoms with Crippen molar-refractivity contribution in [1.29, 1.82) is 0 Å². The topological polar surface area (TPSA) is 295 Å². The molecule has 0 bridgehead atoms.